The third kappa shape index (κ3) is 3.61. The zero-order valence-electron chi connectivity index (χ0n) is 12.8. The number of hydrogen-bond donors (Lipinski definition) is 2. The molecule has 1 aromatic carbocycles. The summed E-state index contributed by atoms with van der Waals surface area (Å²) >= 11 is 0. The first kappa shape index (κ1) is 15.5. The van der Waals surface area contributed by atoms with Crippen molar-refractivity contribution < 1.29 is 9.59 Å². The number of hydrogen-bond acceptors (Lipinski definition) is 3. The van der Waals surface area contributed by atoms with E-state index in [0.717, 1.165) is 12.1 Å². The number of nitrogens with two attached hydrogens (primary N) is 1. The van der Waals surface area contributed by atoms with Crippen LogP contribution in [0, 0.1) is 11.8 Å². The van der Waals surface area contributed by atoms with Gasteiger partial charge in [-0.3, -0.25) is 9.59 Å². The van der Waals surface area contributed by atoms with E-state index in [9.17, 15) is 9.59 Å². The number of likely N-dealkylation sites (N-methyl/N-ethyl adjacent to an activating group) is 1. The second-order valence-corrected chi connectivity index (χ2v) is 5.89. The molecule has 5 nitrogen and oxygen atoms in total. The average molecular weight is 289 g/mol. The lowest BCUT2D eigenvalue weighted by Crippen LogP contribution is -2.39. The molecule has 1 aliphatic rings. The normalized spacial score (nSPS) is 21.5. The van der Waals surface area contributed by atoms with Gasteiger partial charge in [-0.2, -0.15) is 0 Å². The molecule has 2 amide bonds. The fourth-order valence-corrected chi connectivity index (χ4v) is 2.18. The smallest absolute Gasteiger partial charge is 0.253 e. The summed E-state index contributed by atoms with van der Waals surface area (Å²) in [5, 5.41) is 2.88. The minimum absolute atomic E-state index is 0.00627. The van der Waals surface area contributed by atoms with Crippen LogP contribution in [0.3, 0.4) is 0 Å². The van der Waals surface area contributed by atoms with Gasteiger partial charge in [0.05, 0.1) is 0 Å². The van der Waals surface area contributed by atoms with E-state index in [4.69, 9.17) is 5.73 Å². The van der Waals surface area contributed by atoms with Crippen molar-refractivity contribution in [3.8, 4) is 0 Å². The molecule has 1 aliphatic carbocycles. The zero-order valence-corrected chi connectivity index (χ0v) is 12.8. The maximum Gasteiger partial charge on any atom is 0.253 e. The first-order valence-electron chi connectivity index (χ1n) is 7.32. The molecule has 2 rings (SSSR count). The van der Waals surface area contributed by atoms with Crippen molar-refractivity contribution in [3.63, 3.8) is 0 Å². The van der Waals surface area contributed by atoms with E-state index < -0.39 is 0 Å². The lowest BCUT2D eigenvalue weighted by atomic mass is 10.1. The summed E-state index contributed by atoms with van der Waals surface area (Å²) in [7, 11) is 1.74. The summed E-state index contributed by atoms with van der Waals surface area (Å²) in [6, 6.07) is 6.98. The Morgan fingerprint density at radius 1 is 1.38 bits per heavy atom. The highest BCUT2D eigenvalue weighted by Gasteiger charge is 2.39. The molecule has 21 heavy (non-hydrogen) atoms. The second kappa shape index (κ2) is 6.26. The molecule has 0 aliphatic heterocycles. The molecule has 1 fully saturated rings. The number of nitrogens with zero attached hydrogens (tertiary/aromatic N) is 1. The maximum absolute atomic E-state index is 12.2. The van der Waals surface area contributed by atoms with Crippen LogP contribution in [0.15, 0.2) is 24.3 Å². The lowest BCUT2D eigenvalue weighted by Gasteiger charge is -2.23. The number of nitrogens with one attached hydrogen (secondary N) is 1. The van der Waals surface area contributed by atoms with Crippen molar-refractivity contribution in [3.05, 3.63) is 29.8 Å². The van der Waals surface area contributed by atoms with Crippen LogP contribution in [0.1, 0.15) is 30.6 Å². The minimum Gasteiger partial charge on any atom is -0.338 e. The minimum atomic E-state index is -0.0679. The number of anilines is 1. The van der Waals surface area contributed by atoms with Crippen molar-refractivity contribution in [2.24, 2.45) is 17.6 Å². The predicted octanol–water partition coefficient (Wildman–Crippen LogP) is 1.70. The Balaban J connectivity index is 1.98. The quantitative estimate of drug-likeness (QED) is 0.866. The molecule has 3 atom stereocenters. The van der Waals surface area contributed by atoms with E-state index in [1.807, 2.05) is 6.92 Å². The van der Waals surface area contributed by atoms with Gasteiger partial charge in [0.1, 0.15) is 0 Å². The highest BCUT2D eigenvalue weighted by atomic mass is 16.2. The van der Waals surface area contributed by atoms with Crippen LogP contribution in [0.25, 0.3) is 0 Å². The van der Waals surface area contributed by atoms with Gasteiger partial charge in [0, 0.05) is 36.8 Å². The van der Waals surface area contributed by atoms with Crippen LogP contribution >= 0.6 is 0 Å². The molecule has 5 heteroatoms. The number of carbonyl (C=O) groups is 2. The first-order chi connectivity index (χ1) is 9.93. The van der Waals surface area contributed by atoms with Crippen LogP contribution in [-0.2, 0) is 4.79 Å². The van der Waals surface area contributed by atoms with Gasteiger partial charge < -0.3 is 16.0 Å². The number of rotatable bonds is 5. The highest BCUT2D eigenvalue weighted by Crippen LogP contribution is 2.38. The first-order valence-corrected chi connectivity index (χ1v) is 7.32. The molecule has 114 valence electrons. The van der Waals surface area contributed by atoms with Crippen molar-refractivity contribution in [2.75, 3.05) is 18.9 Å². The summed E-state index contributed by atoms with van der Waals surface area (Å²) in [6.45, 7) is 4.40. The monoisotopic (exact) mass is 289 g/mol. The van der Waals surface area contributed by atoms with Crippen LogP contribution in [-0.4, -0.2) is 36.3 Å². The Morgan fingerprint density at radius 3 is 2.43 bits per heavy atom. The number of amides is 2. The fraction of sp³-hybridized carbons (Fsp3) is 0.500. The van der Waals surface area contributed by atoms with Gasteiger partial charge in [0.15, 0.2) is 0 Å². The Kier molecular flexibility index (Phi) is 4.63. The molecular formula is C16H23N3O2. The number of benzene rings is 1. The van der Waals surface area contributed by atoms with Gasteiger partial charge in [-0.25, -0.2) is 0 Å². The van der Waals surface area contributed by atoms with E-state index >= 15 is 0 Å². The maximum atomic E-state index is 12.2. The van der Waals surface area contributed by atoms with Gasteiger partial charge in [-0.05, 0) is 43.5 Å². The van der Waals surface area contributed by atoms with Crippen LogP contribution in [0.4, 0.5) is 5.69 Å². The van der Waals surface area contributed by atoms with Gasteiger partial charge in [0.25, 0.3) is 5.91 Å². The van der Waals surface area contributed by atoms with Crippen molar-refractivity contribution in [2.45, 2.75) is 26.3 Å². The summed E-state index contributed by atoms with van der Waals surface area (Å²) in [4.78, 5) is 25.7. The second-order valence-electron chi connectivity index (χ2n) is 5.89. The molecule has 3 unspecified atom stereocenters. The largest absolute Gasteiger partial charge is 0.338 e. The molecule has 1 saturated carbocycles. The van der Waals surface area contributed by atoms with Gasteiger partial charge in [-0.15, -0.1) is 0 Å². The van der Waals surface area contributed by atoms with E-state index in [1.165, 1.54) is 0 Å². The summed E-state index contributed by atoms with van der Waals surface area (Å²) < 4.78 is 0. The molecule has 3 N–H and O–H groups in total. The predicted molar refractivity (Wildman–Crippen MR) is 83.0 cm³/mol. The number of carbonyl (C=O) groups excluding carboxylic acids is 2. The molecule has 0 spiro atoms. The zero-order chi connectivity index (χ0) is 15.6. The Labute approximate surface area is 125 Å². The van der Waals surface area contributed by atoms with E-state index in [-0.39, 0.29) is 23.8 Å². The van der Waals surface area contributed by atoms with E-state index in [1.54, 1.807) is 36.2 Å². The third-order valence-electron chi connectivity index (χ3n) is 4.17. The molecule has 1 aromatic rings. The standard InChI is InChI=1S/C16H23N3O2/c1-10-8-14(10)15(20)18-13-6-4-12(5-7-13)16(21)19(3)11(2)9-17/h4-7,10-11,14H,8-9,17H2,1-3H3,(H,18,20). The van der Waals surface area contributed by atoms with Crippen LogP contribution in [0.2, 0.25) is 0 Å². The molecule has 0 aromatic heterocycles. The Bertz CT molecular complexity index is 527. The van der Waals surface area contributed by atoms with Crippen molar-refractivity contribution in [1.29, 1.82) is 0 Å². The average Bonchev–Trinajstić information content (AvgIpc) is 3.22. The molecule has 0 heterocycles. The fourth-order valence-electron chi connectivity index (χ4n) is 2.18. The SMILES string of the molecule is CC1CC1C(=O)Nc1ccc(C(=O)N(C)C(C)CN)cc1. The molecule has 0 radical (unpaired) electrons. The van der Waals surface area contributed by atoms with Gasteiger partial charge in [0.2, 0.25) is 5.91 Å². The van der Waals surface area contributed by atoms with E-state index in [0.29, 0.717) is 18.0 Å². The highest BCUT2D eigenvalue weighted by molar-refractivity contribution is 5.97. The lowest BCUT2D eigenvalue weighted by molar-refractivity contribution is -0.117. The van der Waals surface area contributed by atoms with E-state index in [2.05, 4.69) is 12.2 Å². The third-order valence-corrected chi connectivity index (χ3v) is 4.17. The molecule has 0 bridgehead atoms. The Hall–Kier alpha value is -1.88. The summed E-state index contributed by atoms with van der Waals surface area (Å²) in [6.07, 6.45) is 0.962. The van der Waals surface area contributed by atoms with Crippen molar-refractivity contribution >= 4 is 17.5 Å². The van der Waals surface area contributed by atoms with Crippen LogP contribution < -0.4 is 11.1 Å². The summed E-state index contributed by atoms with van der Waals surface area (Å²) in [5.41, 5.74) is 6.89. The summed E-state index contributed by atoms with van der Waals surface area (Å²) in [5.74, 6) is 0.622. The Morgan fingerprint density at radius 2 is 1.95 bits per heavy atom. The van der Waals surface area contributed by atoms with Crippen LogP contribution in [0.5, 0.6) is 0 Å². The molecule has 0 saturated heterocycles. The van der Waals surface area contributed by atoms with Gasteiger partial charge in [-0.1, -0.05) is 6.92 Å². The topological polar surface area (TPSA) is 75.4 Å². The molecular weight excluding hydrogens is 266 g/mol. The van der Waals surface area contributed by atoms with Gasteiger partial charge >= 0.3 is 0 Å². The van der Waals surface area contributed by atoms with Crippen molar-refractivity contribution in [1.82, 2.24) is 4.90 Å².